The Labute approximate surface area is 135 Å². The fraction of sp³-hybridized carbons (Fsp3) is 0.308. The van der Waals surface area contributed by atoms with E-state index in [0.717, 1.165) is 4.31 Å². The molecule has 0 atom stereocenters. The van der Waals surface area contributed by atoms with Gasteiger partial charge in [0.25, 0.3) is 5.91 Å². The van der Waals surface area contributed by atoms with E-state index in [1.165, 1.54) is 27.5 Å². The lowest BCUT2D eigenvalue weighted by Gasteiger charge is -2.15. The van der Waals surface area contributed by atoms with Gasteiger partial charge in [-0.3, -0.25) is 4.79 Å². The smallest absolute Gasteiger partial charge is 0.303 e. The van der Waals surface area contributed by atoms with Gasteiger partial charge in [0.1, 0.15) is 0 Å². The maximum Gasteiger partial charge on any atom is 0.303 e. The quantitative estimate of drug-likeness (QED) is 0.332. The Morgan fingerprint density at radius 2 is 2.00 bits per heavy atom. The molecule has 22 heavy (non-hydrogen) atoms. The SMILES string of the molecule is CO/C=C(/C(=O)NS(=O)(=O)N(C)C)c1ccccc1COS. The summed E-state index contributed by atoms with van der Waals surface area (Å²) in [5.74, 6) is -0.804. The molecule has 1 aromatic carbocycles. The number of carbonyl (C=O) groups excluding carboxylic acids is 1. The number of hydrogen-bond acceptors (Lipinski definition) is 6. The molecule has 7 nitrogen and oxygen atoms in total. The van der Waals surface area contributed by atoms with Gasteiger partial charge in [-0.2, -0.15) is 12.7 Å². The van der Waals surface area contributed by atoms with Crippen molar-refractivity contribution >= 4 is 34.6 Å². The van der Waals surface area contributed by atoms with Crippen LogP contribution >= 0.6 is 12.9 Å². The fourth-order valence-electron chi connectivity index (χ4n) is 1.60. The van der Waals surface area contributed by atoms with Crippen molar-refractivity contribution in [2.24, 2.45) is 0 Å². The summed E-state index contributed by atoms with van der Waals surface area (Å²) in [6, 6.07) is 6.89. The Morgan fingerprint density at radius 3 is 2.55 bits per heavy atom. The summed E-state index contributed by atoms with van der Waals surface area (Å²) in [6.45, 7) is 0.147. The zero-order valence-electron chi connectivity index (χ0n) is 12.4. The van der Waals surface area contributed by atoms with E-state index in [2.05, 4.69) is 12.9 Å². The summed E-state index contributed by atoms with van der Waals surface area (Å²) in [6.07, 6.45) is 1.18. The van der Waals surface area contributed by atoms with Crippen molar-refractivity contribution in [3.8, 4) is 0 Å². The molecule has 0 saturated carbocycles. The molecule has 1 N–H and O–H groups in total. The Bertz CT molecular complexity index is 656. The molecule has 9 heteroatoms. The highest BCUT2D eigenvalue weighted by Gasteiger charge is 2.22. The highest BCUT2D eigenvalue weighted by Crippen LogP contribution is 2.21. The van der Waals surface area contributed by atoms with Gasteiger partial charge in [0.05, 0.1) is 25.6 Å². The number of hydrogen-bond donors (Lipinski definition) is 2. The second-order valence-electron chi connectivity index (χ2n) is 4.42. The molecule has 0 fully saturated rings. The van der Waals surface area contributed by atoms with Crippen LogP contribution in [-0.2, 0) is 30.5 Å². The number of nitrogens with zero attached hydrogens (tertiary/aromatic N) is 1. The summed E-state index contributed by atoms with van der Waals surface area (Å²) in [4.78, 5) is 12.3. The van der Waals surface area contributed by atoms with Crippen LogP contribution in [0.15, 0.2) is 30.5 Å². The number of methoxy groups -OCH3 is 1. The van der Waals surface area contributed by atoms with Crippen LogP contribution in [0.5, 0.6) is 0 Å². The van der Waals surface area contributed by atoms with Crippen molar-refractivity contribution in [1.29, 1.82) is 0 Å². The largest absolute Gasteiger partial charge is 0.504 e. The molecule has 1 amide bonds. The van der Waals surface area contributed by atoms with E-state index < -0.39 is 16.1 Å². The van der Waals surface area contributed by atoms with Gasteiger partial charge in [0, 0.05) is 14.1 Å². The molecule has 0 heterocycles. The summed E-state index contributed by atoms with van der Waals surface area (Å²) >= 11 is 3.69. The van der Waals surface area contributed by atoms with Gasteiger partial charge in [-0.05, 0) is 24.0 Å². The Balaban J connectivity index is 3.21. The van der Waals surface area contributed by atoms with E-state index in [0.29, 0.717) is 11.1 Å². The third-order valence-corrected chi connectivity index (χ3v) is 4.24. The van der Waals surface area contributed by atoms with Gasteiger partial charge >= 0.3 is 10.2 Å². The normalized spacial score (nSPS) is 12.3. The molecular formula is C13H18N2O5S2. The first kappa shape index (κ1) is 18.5. The average Bonchev–Trinajstić information content (AvgIpc) is 2.45. The topological polar surface area (TPSA) is 84.9 Å². The summed E-state index contributed by atoms with van der Waals surface area (Å²) in [5.41, 5.74) is 1.22. The highest BCUT2D eigenvalue weighted by molar-refractivity contribution is 7.87. The molecule has 1 aromatic rings. The second-order valence-corrected chi connectivity index (χ2v) is 6.56. The molecule has 0 spiro atoms. The van der Waals surface area contributed by atoms with Crippen molar-refractivity contribution in [3.05, 3.63) is 41.7 Å². The number of thiol groups is 1. The molecule has 0 radical (unpaired) electrons. The van der Waals surface area contributed by atoms with E-state index in [1.807, 2.05) is 4.72 Å². The van der Waals surface area contributed by atoms with Crippen LogP contribution < -0.4 is 4.72 Å². The van der Waals surface area contributed by atoms with Crippen LogP contribution in [0.25, 0.3) is 5.57 Å². The number of amides is 1. The first-order valence-electron chi connectivity index (χ1n) is 6.15. The molecule has 0 saturated heterocycles. The summed E-state index contributed by atoms with van der Waals surface area (Å²) < 4.78 is 36.1. The predicted octanol–water partition coefficient (Wildman–Crippen LogP) is 0.958. The zero-order valence-corrected chi connectivity index (χ0v) is 14.1. The number of benzene rings is 1. The number of rotatable bonds is 7. The minimum Gasteiger partial charge on any atom is -0.504 e. The predicted molar refractivity (Wildman–Crippen MR) is 86.0 cm³/mol. The average molecular weight is 346 g/mol. The zero-order chi connectivity index (χ0) is 16.8. The summed E-state index contributed by atoms with van der Waals surface area (Å²) in [7, 11) is 0.0986. The van der Waals surface area contributed by atoms with E-state index in [1.54, 1.807) is 24.3 Å². The van der Waals surface area contributed by atoms with Gasteiger partial charge in [-0.1, -0.05) is 24.3 Å². The van der Waals surface area contributed by atoms with Crippen molar-refractivity contribution in [1.82, 2.24) is 9.03 Å². The van der Waals surface area contributed by atoms with Crippen LogP contribution in [0.3, 0.4) is 0 Å². The van der Waals surface area contributed by atoms with E-state index in [-0.39, 0.29) is 12.2 Å². The Morgan fingerprint density at radius 1 is 1.36 bits per heavy atom. The lowest BCUT2D eigenvalue weighted by Crippen LogP contribution is -2.40. The molecule has 0 unspecified atom stereocenters. The maximum absolute atomic E-state index is 12.3. The van der Waals surface area contributed by atoms with Crippen LogP contribution in [-0.4, -0.2) is 39.8 Å². The Kier molecular flexibility index (Phi) is 6.88. The fourth-order valence-corrected chi connectivity index (χ4v) is 2.26. The Hall–Kier alpha value is -1.55. The van der Waals surface area contributed by atoms with Crippen LogP contribution in [0.4, 0.5) is 0 Å². The number of ether oxygens (including phenoxy) is 1. The minimum absolute atomic E-state index is 0.0638. The van der Waals surface area contributed by atoms with Crippen molar-refractivity contribution in [3.63, 3.8) is 0 Å². The van der Waals surface area contributed by atoms with E-state index >= 15 is 0 Å². The summed E-state index contributed by atoms with van der Waals surface area (Å²) in [5, 5.41) is 0. The van der Waals surface area contributed by atoms with E-state index in [4.69, 9.17) is 8.92 Å². The maximum atomic E-state index is 12.3. The third kappa shape index (κ3) is 4.73. The molecule has 0 aliphatic heterocycles. The first-order valence-corrected chi connectivity index (χ1v) is 7.96. The van der Waals surface area contributed by atoms with Gasteiger partial charge < -0.3 is 8.92 Å². The second kappa shape index (κ2) is 8.18. The monoisotopic (exact) mass is 346 g/mol. The lowest BCUT2D eigenvalue weighted by molar-refractivity contribution is -0.114. The molecule has 0 aromatic heterocycles. The van der Waals surface area contributed by atoms with Crippen molar-refractivity contribution in [2.75, 3.05) is 21.2 Å². The molecule has 1 rings (SSSR count). The highest BCUT2D eigenvalue weighted by atomic mass is 32.2. The number of nitrogens with one attached hydrogen (secondary N) is 1. The van der Waals surface area contributed by atoms with Gasteiger partial charge in [0.2, 0.25) is 0 Å². The van der Waals surface area contributed by atoms with Crippen LogP contribution in [0.1, 0.15) is 11.1 Å². The first-order chi connectivity index (χ1) is 10.3. The van der Waals surface area contributed by atoms with Crippen LogP contribution in [0.2, 0.25) is 0 Å². The molecule has 122 valence electrons. The molecule has 0 aliphatic rings. The standard InChI is InChI=1S/C13H18N2O5S2/c1-15(2)22(17,18)14-13(16)12(9-19-3)11-7-5-4-6-10(11)8-20-21/h4-7,9,21H,8H2,1-3H3,(H,14,16)/b12-9+. The van der Waals surface area contributed by atoms with Crippen molar-refractivity contribution in [2.45, 2.75) is 6.61 Å². The minimum atomic E-state index is -3.90. The molecule has 0 bridgehead atoms. The van der Waals surface area contributed by atoms with Gasteiger partial charge in [-0.15, -0.1) is 0 Å². The van der Waals surface area contributed by atoms with Crippen molar-refractivity contribution < 1.29 is 22.1 Å². The molecule has 0 aliphatic carbocycles. The lowest BCUT2D eigenvalue weighted by atomic mass is 10.0. The number of carbonyl (C=O) groups is 1. The molecular weight excluding hydrogens is 328 g/mol. The van der Waals surface area contributed by atoms with Gasteiger partial charge in [0.15, 0.2) is 0 Å². The third-order valence-electron chi connectivity index (χ3n) is 2.71. The van der Waals surface area contributed by atoms with Gasteiger partial charge in [-0.25, -0.2) is 4.72 Å². The van der Waals surface area contributed by atoms with E-state index in [9.17, 15) is 13.2 Å². The van der Waals surface area contributed by atoms with Crippen LogP contribution in [0, 0.1) is 0 Å².